The number of benzene rings is 2. The Labute approximate surface area is 276 Å². The number of unbranched alkanes of at least 4 members (excludes halogenated alkanes) is 1. The Kier molecular flexibility index (Phi) is 9.78. The summed E-state index contributed by atoms with van der Waals surface area (Å²) in [5, 5.41) is 18.2. The van der Waals surface area contributed by atoms with Gasteiger partial charge in [0.1, 0.15) is 11.8 Å². The van der Waals surface area contributed by atoms with Gasteiger partial charge in [0.25, 0.3) is 17.7 Å². The van der Waals surface area contributed by atoms with Gasteiger partial charge in [-0.2, -0.15) is 5.10 Å². The molecule has 6 amide bonds. The molecular weight excluding hydrogens is 618 g/mol. The van der Waals surface area contributed by atoms with Crippen molar-refractivity contribution in [1.82, 2.24) is 25.7 Å². The summed E-state index contributed by atoms with van der Waals surface area (Å²) in [4.78, 5) is 75.7. The van der Waals surface area contributed by atoms with Crippen LogP contribution in [-0.2, 0) is 25.6 Å². The second-order valence-electron chi connectivity index (χ2n) is 12.2. The number of ether oxygens (including phenoxy) is 1. The Bertz CT molecular complexity index is 1730. The fraction of sp³-hybridized carbons (Fsp3) is 0.382. The van der Waals surface area contributed by atoms with E-state index in [0.717, 1.165) is 29.0 Å². The minimum Gasteiger partial charge on any atom is -0.484 e. The molecule has 1 aliphatic carbocycles. The molecule has 14 heteroatoms. The van der Waals surface area contributed by atoms with E-state index in [-0.39, 0.29) is 48.8 Å². The maximum absolute atomic E-state index is 13.2. The molecule has 0 radical (unpaired) electrons. The van der Waals surface area contributed by atoms with Crippen molar-refractivity contribution in [2.24, 2.45) is 0 Å². The zero-order valence-corrected chi connectivity index (χ0v) is 26.3. The molecule has 1 saturated carbocycles. The Morgan fingerprint density at radius 3 is 2.48 bits per heavy atom. The number of imide groups is 2. The molecule has 2 fully saturated rings. The van der Waals surface area contributed by atoms with Crippen LogP contribution < -0.4 is 26.0 Å². The standard InChI is InChI=1S/C34H37N7O7/c42-28-14-13-26(32(45)38-28)41-33(46)23-7-4-8-24(31(23)34(41)47)35-15-1-2-16-36-30(44)19-48-22-11-9-20(10-12-22)17-29(43)37-27-18-25(39-40-27)21-5-3-6-21/h4,7-12,18,21,26,35H,1-3,5-6,13-17,19H2,(H,36,44)(H,38,42,45)(H2,37,39,40,43). The molecule has 14 nitrogen and oxygen atoms in total. The average Bonchev–Trinajstić information content (AvgIpc) is 3.59. The van der Waals surface area contributed by atoms with E-state index in [0.29, 0.717) is 49.1 Å². The summed E-state index contributed by atoms with van der Waals surface area (Å²) in [6, 6.07) is 12.8. The molecule has 0 bridgehead atoms. The monoisotopic (exact) mass is 655 g/mol. The number of nitrogens with zero attached hydrogens (tertiary/aromatic N) is 2. The van der Waals surface area contributed by atoms with Crippen molar-refractivity contribution in [3.05, 3.63) is 70.9 Å². The van der Waals surface area contributed by atoms with Gasteiger partial charge in [0.15, 0.2) is 12.4 Å². The number of aromatic amines is 1. The average molecular weight is 656 g/mol. The Morgan fingerprint density at radius 1 is 0.938 bits per heavy atom. The van der Waals surface area contributed by atoms with Crippen LogP contribution in [0, 0.1) is 0 Å². The van der Waals surface area contributed by atoms with E-state index in [1.54, 1.807) is 42.5 Å². The van der Waals surface area contributed by atoms with Crippen molar-refractivity contribution in [1.29, 1.82) is 0 Å². The Balaban J connectivity index is 0.873. The highest BCUT2D eigenvalue weighted by Gasteiger charge is 2.45. The van der Waals surface area contributed by atoms with Crippen molar-refractivity contribution in [2.75, 3.05) is 30.3 Å². The minimum absolute atomic E-state index is 0.0565. The third-order valence-electron chi connectivity index (χ3n) is 8.78. The number of nitrogens with one attached hydrogen (secondary N) is 5. The molecule has 2 aromatic carbocycles. The number of hydrogen-bond acceptors (Lipinski definition) is 9. The summed E-state index contributed by atoms with van der Waals surface area (Å²) >= 11 is 0. The number of aromatic nitrogens is 2. The third-order valence-corrected chi connectivity index (χ3v) is 8.78. The molecule has 3 heterocycles. The predicted molar refractivity (Wildman–Crippen MR) is 173 cm³/mol. The van der Waals surface area contributed by atoms with Crippen molar-refractivity contribution in [3.63, 3.8) is 0 Å². The van der Waals surface area contributed by atoms with Crippen molar-refractivity contribution in [3.8, 4) is 5.75 Å². The number of piperidine rings is 1. The van der Waals surface area contributed by atoms with E-state index in [9.17, 15) is 28.8 Å². The van der Waals surface area contributed by atoms with E-state index in [2.05, 4.69) is 31.5 Å². The summed E-state index contributed by atoms with van der Waals surface area (Å²) in [5.41, 5.74) is 2.77. The molecule has 2 aliphatic heterocycles. The number of rotatable bonds is 14. The molecule has 3 aromatic rings. The smallest absolute Gasteiger partial charge is 0.264 e. The first kappa shape index (κ1) is 32.4. The third kappa shape index (κ3) is 7.37. The quantitative estimate of drug-likeness (QED) is 0.128. The van der Waals surface area contributed by atoms with Gasteiger partial charge in [0, 0.05) is 42.9 Å². The molecule has 1 unspecified atom stereocenters. The molecular formula is C34H37N7O7. The molecule has 0 spiro atoms. The van der Waals surface area contributed by atoms with Gasteiger partial charge in [-0.3, -0.25) is 44.1 Å². The maximum Gasteiger partial charge on any atom is 0.264 e. The van der Waals surface area contributed by atoms with Gasteiger partial charge in [0.2, 0.25) is 17.7 Å². The second kappa shape index (κ2) is 14.5. The fourth-order valence-corrected chi connectivity index (χ4v) is 5.97. The molecule has 48 heavy (non-hydrogen) atoms. The number of amides is 6. The Morgan fingerprint density at radius 2 is 1.73 bits per heavy atom. The molecule has 1 atom stereocenters. The van der Waals surface area contributed by atoms with E-state index in [1.165, 1.54) is 6.42 Å². The Hall–Kier alpha value is -5.53. The van der Waals surface area contributed by atoms with Gasteiger partial charge in [-0.05, 0) is 61.9 Å². The summed E-state index contributed by atoms with van der Waals surface area (Å²) in [7, 11) is 0. The van der Waals surface area contributed by atoms with Crippen LogP contribution in [0.15, 0.2) is 48.5 Å². The molecule has 6 rings (SSSR count). The summed E-state index contributed by atoms with van der Waals surface area (Å²) in [6.45, 7) is 0.747. The van der Waals surface area contributed by atoms with E-state index >= 15 is 0 Å². The van der Waals surface area contributed by atoms with Crippen molar-refractivity contribution in [2.45, 2.75) is 63.3 Å². The van der Waals surface area contributed by atoms with Gasteiger partial charge in [-0.1, -0.05) is 24.6 Å². The summed E-state index contributed by atoms with van der Waals surface area (Å²) in [6.07, 6.45) is 5.17. The van der Waals surface area contributed by atoms with Crippen LogP contribution in [0.25, 0.3) is 0 Å². The first-order valence-electron chi connectivity index (χ1n) is 16.2. The maximum atomic E-state index is 13.2. The van der Waals surface area contributed by atoms with Gasteiger partial charge in [0.05, 0.1) is 17.5 Å². The second-order valence-corrected chi connectivity index (χ2v) is 12.2. The van der Waals surface area contributed by atoms with Crippen molar-refractivity contribution < 1.29 is 33.5 Å². The van der Waals surface area contributed by atoms with Crippen LogP contribution in [-0.4, -0.2) is 76.3 Å². The number of anilines is 2. The highest BCUT2D eigenvalue weighted by molar-refractivity contribution is 6.25. The highest BCUT2D eigenvalue weighted by Crippen LogP contribution is 2.36. The van der Waals surface area contributed by atoms with E-state index in [1.807, 2.05) is 6.07 Å². The van der Waals surface area contributed by atoms with Crippen LogP contribution in [0.3, 0.4) is 0 Å². The van der Waals surface area contributed by atoms with Crippen LogP contribution >= 0.6 is 0 Å². The zero-order valence-electron chi connectivity index (χ0n) is 26.3. The lowest BCUT2D eigenvalue weighted by atomic mass is 9.83. The highest BCUT2D eigenvalue weighted by atomic mass is 16.5. The molecule has 3 aliphatic rings. The largest absolute Gasteiger partial charge is 0.484 e. The minimum atomic E-state index is -1.02. The summed E-state index contributed by atoms with van der Waals surface area (Å²) < 4.78 is 5.58. The number of hydrogen-bond donors (Lipinski definition) is 5. The lowest BCUT2D eigenvalue weighted by Gasteiger charge is -2.27. The van der Waals surface area contributed by atoms with Crippen LogP contribution in [0.4, 0.5) is 11.5 Å². The number of fused-ring (bicyclic) bond motifs is 1. The first-order chi connectivity index (χ1) is 23.3. The molecule has 5 N–H and O–H groups in total. The predicted octanol–water partition coefficient (Wildman–Crippen LogP) is 2.65. The lowest BCUT2D eigenvalue weighted by Crippen LogP contribution is -2.54. The van der Waals surface area contributed by atoms with Gasteiger partial charge >= 0.3 is 0 Å². The SMILES string of the molecule is O=C(COc1ccc(CC(=O)Nc2cc(C3CCC3)[nH]n2)cc1)NCCCCNc1cccc2c1C(=O)N(C1CCC(=O)NC1=O)C2=O. The number of H-pyrrole nitrogens is 1. The van der Waals surface area contributed by atoms with E-state index in [4.69, 9.17) is 4.74 Å². The fourth-order valence-electron chi connectivity index (χ4n) is 5.97. The summed E-state index contributed by atoms with van der Waals surface area (Å²) in [5.74, 6) is -1.10. The van der Waals surface area contributed by atoms with Crippen LogP contribution in [0.2, 0.25) is 0 Å². The van der Waals surface area contributed by atoms with Gasteiger partial charge in [-0.15, -0.1) is 0 Å². The van der Waals surface area contributed by atoms with E-state index < -0.39 is 29.7 Å². The van der Waals surface area contributed by atoms with Gasteiger partial charge in [-0.25, -0.2) is 0 Å². The zero-order chi connectivity index (χ0) is 33.6. The van der Waals surface area contributed by atoms with Crippen LogP contribution in [0.1, 0.15) is 82.8 Å². The molecule has 250 valence electrons. The molecule has 1 saturated heterocycles. The van der Waals surface area contributed by atoms with Gasteiger partial charge < -0.3 is 20.7 Å². The van der Waals surface area contributed by atoms with Crippen molar-refractivity contribution >= 4 is 46.9 Å². The normalized spacial score (nSPS) is 17.4. The number of carbonyl (C=O) groups is 6. The topological polar surface area (TPSA) is 192 Å². The number of carbonyl (C=O) groups excluding carboxylic acids is 6. The lowest BCUT2D eigenvalue weighted by molar-refractivity contribution is -0.136. The van der Waals surface area contributed by atoms with Crippen LogP contribution in [0.5, 0.6) is 5.75 Å². The molecule has 1 aromatic heterocycles. The first-order valence-corrected chi connectivity index (χ1v) is 16.2.